The first-order valence-electron chi connectivity index (χ1n) is 5.72. The third-order valence-corrected chi connectivity index (χ3v) is 4.00. The largest absolute Gasteiger partial charge is 0.384 e. The Morgan fingerprint density at radius 1 is 1.14 bits per heavy atom. The molecule has 0 unspecified atom stereocenters. The topological polar surface area (TPSA) is 96.0 Å². The summed E-state index contributed by atoms with van der Waals surface area (Å²) in [5, 5.41) is 7.28. The van der Waals surface area contributed by atoms with Gasteiger partial charge in [0.25, 0.3) is 10.0 Å². The Balaban J connectivity index is 2.40. The van der Waals surface area contributed by atoms with Gasteiger partial charge in [0.05, 0.1) is 0 Å². The SMILES string of the molecule is N=C(N)c1cccc(NS(=O)(=O)c2cc(F)ccc2F)c1. The number of hydrogen-bond acceptors (Lipinski definition) is 3. The van der Waals surface area contributed by atoms with Crippen LogP contribution in [0.15, 0.2) is 47.4 Å². The molecule has 110 valence electrons. The summed E-state index contributed by atoms with van der Waals surface area (Å²) < 4.78 is 52.8. The quantitative estimate of drug-likeness (QED) is 0.595. The zero-order valence-corrected chi connectivity index (χ0v) is 11.4. The number of halogens is 2. The second-order valence-electron chi connectivity index (χ2n) is 4.17. The average molecular weight is 311 g/mol. The van der Waals surface area contributed by atoms with Crippen LogP contribution in [0.4, 0.5) is 14.5 Å². The summed E-state index contributed by atoms with van der Waals surface area (Å²) in [6.45, 7) is 0. The molecular weight excluding hydrogens is 300 g/mol. The smallest absolute Gasteiger partial charge is 0.264 e. The second kappa shape index (κ2) is 5.49. The Labute approximate surface area is 120 Å². The Morgan fingerprint density at radius 2 is 1.86 bits per heavy atom. The van der Waals surface area contributed by atoms with E-state index in [1.54, 1.807) is 0 Å². The van der Waals surface area contributed by atoms with Gasteiger partial charge < -0.3 is 5.73 Å². The van der Waals surface area contributed by atoms with Crippen LogP contribution in [0.25, 0.3) is 0 Å². The van der Waals surface area contributed by atoms with E-state index in [1.165, 1.54) is 24.3 Å². The van der Waals surface area contributed by atoms with E-state index in [9.17, 15) is 17.2 Å². The molecule has 2 aromatic carbocycles. The Hall–Kier alpha value is -2.48. The van der Waals surface area contributed by atoms with Gasteiger partial charge in [0.2, 0.25) is 0 Å². The third-order valence-electron chi connectivity index (χ3n) is 2.61. The summed E-state index contributed by atoms with van der Waals surface area (Å²) in [6, 6.07) is 7.87. The zero-order chi connectivity index (χ0) is 15.6. The van der Waals surface area contributed by atoms with Gasteiger partial charge in [-0.15, -0.1) is 0 Å². The fourth-order valence-electron chi connectivity index (χ4n) is 1.64. The van der Waals surface area contributed by atoms with Crippen LogP contribution in [0.1, 0.15) is 5.56 Å². The molecule has 0 aliphatic carbocycles. The number of rotatable bonds is 4. The number of amidine groups is 1. The van der Waals surface area contributed by atoms with Crippen molar-refractivity contribution in [2.24, 2.45) is 5.73 Å². The van der Waals surface area contributed by atoms with Gasteiger partial charge in [-0.05, 0) is 30.3 Å². The van der Waals surface area contributed by atoms with E-state index < -0.39 is 26.6 Å². The van der Waals surface area contributed by atoms with Crippen molar-refractivity contribution in [1.82, 2.24) is 0 Å². The van der Waals surface area contributed by atoms with Crippen LogP contribution >= 0.6 is 0 Å². The van der Waals surface area contributed by atoms with Gasteiger partial charge in [0, 0.05) is 11.3 Å². The van der Waals surface area contributed by atoms with Crippen molar-refractivity contribution in [2.45, 2.75) is 4.90 Å². The molecule has 0 saturated heterocycles. The van der Waals surface area contributed by atoms with E-state index in [0.717, 1.165) is 12.1 Å². The lowest BCUT2D eigenvalue weighted by Crippen LogP contribution is -2.16. The highest BCUT2D eigenvalue weighted by Gasteiger charge is 2.20. The molecular formula is C13H11F2N3O2S. The zero-order valence-electron chi connectivity index (χ0n) is 10.6. The molecule has 0 aromatic heterocycles. The molecule has 0 aliphatic heterocycles. The summed E-state index contributed by atoms with van der Waals surface area (Å²) in [6.07, 6.45) is 0. The van der Waals surface area contributed by atoms with Crippen molar-refractivity contribution >= 4 is 21.5 Å². The number of anilines is 1. The maximum absolute atomic E-state index is 13.5. The first kappa shape index (κ1) is 14.9. The molecule has 0 bridgehead atoms. The molecule has 0 saturated carbocycles. The summed E-state index contributed by atoms with van der Waals surface area (Å²) in [4.78, 5) is -0.796. The highest BCUT2D eigenvalue weighted by molar-refractivity contribution is 7.92. The molecule has 0 fully saturated rings. The average Bonchev–Trinajstić information content (AvgIpc) is 2.41. The van der Waals surface area contributed by atoms with E-state index >= 15 is 0 Å². The Bertz CT molecular complexity index is 807. The minimum atomic E-state index is -4.29. The van der Waals surface area contributed by atoms with Crippen molar-refractivity contribution in [3.8, 4) is 0 Å². The third kappa shape index (κ3) is 3.34. The number of nitrogen functional groups attached to an aromatic ring is 1. The minimum absolute atomic E-state index is 0.0892. The van der Waals surface area contributed by atoms with Crippen molar-refractivity contribution in [1.29, 1.82) is 5.41 Å². The fourth-order valence-corrected chi connectivity index (χ4v) is 2.78. The molecule has 0 amide bonds. The van der Waals surface area contributed by atoms with E-state index in [-0.39, 0.29) is 11.5 Å². The van der Waals surface area contributed by atoms with E-state index in [2.05, 4.69) is 4.72 Å². The molecule has 0 atom stereocenters. The first-order valence-corrected chi connectivity index (χ1v) is 7.20. The van der Waals surface area contributed by atoms with Gasteiger partial charge in [-0.1, -0.05) is 12.1 Å². The van der Waals surface area contributed by atoms with Gasteiger partial charge >= 0.3 is 0 Å². The number of hydrogen-bond donors (Lipinski definition) is 3. The summed E-state index contributed by atoms with van der Waals surface area (Å²) in [5.74, 6) is -2.17. The van der Waals surface area contributed by atoms with Crippen LogP contribution in [0, 0.1) is 17.0 Å². The minimum Gasteiger partial charge on any atom is -0.384 e. The summed E-state index contributed by atoms with van der Waals surface area (Å²) >= 11 is 0. The molecule has 2 rings (SSSR count). The summed E-state index contributed by atoms with van der Waals surface area (Å²) in [7, 11) is -4.29. The van der Waals surface area contributed by atoms with E-state index in [0.29, 0.717) is 11.6 Å². The highest BCUT2D eigenvalue weighted by Crippen LogP contribution is 2.20. The van der Waals surface area contributed by atoms with Crippen molar-refractivity contribution in [3.63, 3.8) is 0 Å². The molecule has 2 aromatic rings. The summed E-state index contributed by atoms with van der Waals surface area (Å²) in [5.41, 5.74) is 5.69. The second-order valence-corrected chi connectivity index (χ2v) is 5.83. The monoisotopic (exact) mass is 311 g/mol. The Morgan fingerprint density at radius 3 is 2.52 bits per heavy atom. The lowest BCUT2D eigenvalue weighted by molar-refractivity contribution is 0.555. The number of nitrogens with one attached hydrogen (secondary N) is 2. The van der Waals surface area contributed by atoms with Gasteiger partial charge in [0.1, 0.15) is 22.4 Å². The molecule has 4 N–H and O–H groups in total. The molecule has 21 heavy (non-hydrogen) atoms. The fraction of sp³-hybridized carbons (Fsp3) is 0. The van der Waals surface area contributed by atoms with Crippen LogP contribution in [-0.4, -0.2) is 14.3 Å². The predicted octanol–water partition coefficient (Wildman–Crippen LogP) is 2.05. The lowest BCUT2D eigenvalue weighted by atomic mass is 10.2. The van der Waals surface area contributed by atoms with Gasteiger partial charge in [0.15, 0.2) is 0 Å². The van der Waals surface area contributed by atoms with Crippen LogP contribution in [0.5, 0.6) is 0 Å². The van der Waals surface area contributed by atoms with Gasteiger partial charge in [-0.2, -0.15) is 0 Å². The standard InChI is InChI=1S/C13H11F2N3O2S/c14-9-4-5-11(15)12(7-9)21(19,20)18-10-3-1-2-8(6-10)13(16)17/h1-7,18H,(H3,16,17). The lowest BCUT2D eigenvalue weighted by Gasteiger charge is -2.10. The first-order chi connectivity index (χ1) is 9.79. The normalized spacial score (nSPS) is 11.1. The molecule has 0 aliphatic rings. The van der Waals surface area contributed by atoms with Crippen molar-refractivity contribution < 1.29 is 17.2 Å². The van der Waals surface area contributed by atoms with Gasteiger partial charge in [-0.25, -0.2) is 17.2 Å². The number of sulfonamides is 1. The van der Waals surface area contributed by atoms with Crippen molar-refractivity contribution in [2.75, 3.05) is 4.72 Å². The Kier molecular flexibility index (Phi) is 3.90. The molecule has 0 heterocycles. The molecule has 0 spiro atoms. The van der Waals surface area contributed by atoms with Crippen LogP contribution < -0.4 is 10.5 Å². The molecule has 8 heteroatoms. The highest BCUT2D eigenvalue weighted by atomic mass is 32.2. The number of nitrogens with two attached hydrogens (primary N) is 1. The van der Waals surface area contributed by atoms with Crippen LogP contribution in [0.2, 0.25) is 0 Å². The van der Waals surface area contributed by atoms with Crippen LogP contribution in [0.3, 0.4) is 0 Å². The van der Waals surface area contributed by atoms with E-state index in [1.807, 2.05) is 0 Å². The predicted molar refractivity (Wildman–Crippen MR) is 74.6 cm³/mol. The maximum atomic E-state index is 13.5. The van der Waals surface area contributed by atoms with Crippen molar-refractivity contribution in [3.05, 3.63) is 59.7 Å². The maximum Gasteiger partial charge on any atom is 0.264 e. The van der Waals surface area contributed by atoms with Crippen LogP contribution in [-0.2, 0) is 10.0 Å². The molecule has 0 radical (unpaired) electrons. The van der Waals surface area contributed by atoms with E-state index in [4.69, 9.17) is 11.1 Å². The van der Waals surface area contributed by atoms with Gasteiger partial charge in [-0.3, -0.25) is 10.1 Å². The number of benzene rings is 2. The molecule has 5 nitrogen and oxygen atoms in total.